The average Bonchev–Trinajstić information content (AvgIpc) is 2.85. The molecule has 1 fully saturated rings. The normalized spacial score (nSPS) is 17.8. The zero-order valence-corrected chi connectivity index (χ0v) is 13.5. The quantitative estimate of drug-likeness (QED) is 0.819. The molecule has 1 N–H and O–H groups in total. The van der Waals surface area contributed by atoms with E-state index in [0.29, 0.717) is 5.41 Å². The van der Waals surface area contributed by atoms with Crippen molar-refractivity contribution < 1.29 is 0 Å². The molecule has 1 aromatic carbocycles. The molecule has 2 nitrogen and oxygen atoms in total. The highest BCUT2D eigenvalue weighted by atomic mass is 35.5. The molecule has 0 radical (unpaired) electrons. The van der Waals surface area contributed by atoms with Crippen molar-refractivity contribution in [3.8, 4) is 0 Å². The molecule has 20 heavy (non-hydrogen) atoms. The van der Waals surface area contributed by atoms with Gasteiger partial charge in [-0.25, -0.2) is 0 Å². The van der Waals surface area contributed by atoms with E-state index in [4.69, 9.17) is 11.6 Å². The van der Waals surface area contributed by atoms with Gasteiger partial charge >= 0.3 is 0 Å². The fourth-order valence-corrected chi connectivity index (χ4v) is 3.69. The molecular formula is C17H27ClN2. The van der Waals surface area contributed by atoms with Crippen LogP contribution >= 0.6 is 11.6 Å². The van der Waals surface area contributed by atoms with Gasteiger partial charge in [-0.3, -0.25) is 0 Å². The molecule has 0 amide bonds. The Morgan fingerprint density at radius 2 is 2.05 bits per heavy atom. The van der Waals surface area contributed by atoms with E-state index in [9.17, 15) is 0 Å². The standard InChI is InChI=1S/C17H27ClN2/c1-3-19-13-17(9-4-5-10-17)14-20(2)12-15-7-6-8-16(18)11-15/h6-8,11,19H,3-5,9-10,12-14H2,1-2H3. The number of nitrogens with one attached hydrogen (secondary N) is 1. The van der Waals surface area contributed by atoms with E-state index in [1.807, 2.05) is 12.1 Å². The number of rotatable bonds is 7. The van der Waals surface area contributed by atoms with Crippen LogP contribution in [0.15, 0.2) is 24.3 Å². The molecule has 2 rings (SSSR count). The first-order chi connectivity index (χ1) is 9.63. The topological polar surface area (TPSA) is 15.3 Å². The Morgan fingerprint density at radius 3 is 2.70 bits per heavy atom. The van der Waals surface area contributed by atoms with Gasteiger partial charge in [0.1, 0.15) is 0 Å². The third-order valence-electron chi connectivity index (χ3n) is 4.36. The lowest BCUT2D eigenvalue weighted by Crippen LogP contribution is -2.41. The number of hydrogen-bond donors (Lipinski definition) is 1. The number of halogens is 1. The highest BCUT2D eigenvalue weighted by Gasteiger charge is 2.34. The van der Waals surface area contributed by atoms with Crippen LogP contribution in [0.4, 0.5) is 0 Å². The molecular weight excluding hydrogens is 268 g/mol. The highest BCUT2D eigenvalue weighted by molar-refractivity contribution is 6.30. The molecule has 1 aliphatic carbocycles. The van der Waals surface area contributed by atoms with Gasteiger partial charge in [0.2, 0.25) is 0 Å². The SMILES string of the molecule is CCNCC1(CN(C)Cc2cccc(Cl)c2)CCCC1. The van der Waals surface area contributed by atoms with Crippen molar-refractivity contribution in [1.29, 1.82) is 0 Å². The Labute approximate surface area is 128 Å². The monoisotopic (exact) mass is 294 g/mol. The first-order valence-corrected chi connectivity index (χ1v) is 8.15. The van der Waals surface area contributed by atoms with Gasteiger partial charge < -0.3 is 10.2 Å². The van der Waals surface area contributed by atoms with Crippen molar-refractivity contribution in [2.75, 3.05) is 26.7 Å². The summed E-state index contributed by atoms with van der Waals surface area (Å²) in [7, 11) is 2.23. The molecule has 3 heteroatoms. The van der Waals surface area contributed by atoms with Crippen LogP contribution in [0.2, 0.25) is 5.02 Å². The maximum atomic E-state index is 6.07. The van der Waals surface area contributed by atoms with E-state index in [2.05, 4.69) is 36.3 Å². The van der Waals surface area contributed by atoms with Crippen molar-refractivity contribution in [3.05, 3.63) is 34.9 Å². The number of hydrogen-bond acceptors (Lipinski definition) is 2. The predicted molar refractivity (Wildman–Crippen MR) is 87.2 cm³/mol. The molecule has 0 bridgehead atoms. The lowest BCUT2D eigenvalue weighted by molar-refractivity contribution is 0.168. The van der Waals surface area contributed by atoms with Crippen molar-refractivity contribution in [2.24, 2.45) is 5.41 Å². The Kier molecular flexibility index (Phi) is 5.88. The van der Waals surface area contributed by atoms with Gasteiger partial charge in [-0.05, 0) is 49.5 Å². The van der Waals surface area contributed by atoms with E-state index in [0.717, 1.165) is 24.7 Å². The Bertz CT molecular complexity index is 413. The van der Waals surface area contributed by atoms with Gasteiger partial charge in [-0.2, -0.15) is 0 Å². The summed E-state index contributed by atoms with van der Waals surface area (Å²) in [6.45, 7) is 6.57. The van der Waals surface area contributed by atoms with Crippen LogP contribution in [0.5, 0.6) is 0 Å². The number of benzene rings is 1. The smallest absolute Gasteiger partial charge is 0.0409 e. The van der Waals surface area contributed by atoms with Crippen molar-refractivity contribution >= 4 is 11.6 Å². The third kappa shape index (κ3) is 4.47. The summed E-state index contributed by atoms with van der Waals surface area (Å²) in [5.74, 6) is 0. The van der Waals surface area contributed by atoms with Crippen LogP contribution in [0, 0.1) is 5.41 Å². The van der Waals surface area contributed by atoms with E-state index in [1.54, 1.807) is 0 Å². The Hall–Kier alpha value is -0.570. The maximum Gasteiger partial charge on any atom is 0.0409 e. The van der Waals surface area contributed by atoms with Gasteiger partial charge in [0.05, 0.1) is 0 Å². The van der Waals surface area contributed by atoms with Crippen LogP contribution in [0.1, 0.15) is 38.2 Å². The highest BCUT2D eigenvalue weighted by Crippen LogP contribution is 2.38. The van der Waals surface area contributed by atoms with Crippen molar-refractivity contribution in [2.45, 2.75) is 39.2 Å². The molecule has 0 unspecified atom stereocenters. The Morgan fingerprint density at radius 1 is 1.30 bits per heavy atom. The van der Waals surface area contributed by atoms with Gasteiger partial charge in [-0.15, -0.1) is 0 Å². The van der Waals surface area contributed by atoms with Gasteiger partial charge in [-0.1, -0.05) is 43.5 Å². The molecule has 0 spiro atoms. The van der Waals surface area contributed by atoms with E-state index < -0.39 is 0 Å². The fourth-order valence-electron chi connectivity index (χ4n) is 3.48. The fraction of sp³-hybridized carbons (Fsp3) is 0.647. The first-order valence-electron chi connectivity index (χ1n) is 7.77. The molecule has 0 aromatic heterocycles. The Balaban J connectivity index is 1.93. The van der Waals surface area contributed by atoms with Gasteiger partial charge in [0, 0.05) is 24.7 Å². The van der Waals surface area contributed by atoms with E-state index >= 15 is 0 Å². The summed E-state index contributed by atoms with van der Waals surface area (Å²) >= 11 is 6.07. The lowest BCUT2D eigenvalue weighted by atomic mass is 9.85. The summed E-state index contributed by atoms with van der Waals surface area (Å²) in [6.07, 6.45) is 5.49. The van der Waals surface area contributed by atoms with Crippen LogP contribution in [-0.2, 0) is 6.54 Å². The number of nitrogens with zero attached hydrogens (tertiary/aromatic N) is 1. The maximum absolute atomic E-state index is 6.07. The zero-order chi connectivity index (χ0) is 14.4. The van der Waals surface area contributed by atoms with E-state index in [1.165, 1.54) is 37.8 Å². The van der Waals surface area contributed by atoms with Crippen LogP contribution in [0.3, 0.4) is 0 Å². The third-order valence-corrected chi connectivity index (χ3v) is 4.60. The summed E-state index contributed by atoms with van der Waals surface area (Å²) < 4.78 is 0. The molecule has 0 aliphatic heterocycles. The molecule has 0 saturated heterocycles. The second-order valence-electron chi connectivity index (χ2n) is 6.29. The largest absolute Gasteiger partial charge is 0.316 e. The average molecular weight is 295 g/mol. The minimum absolute atomic E-state index is 0.476. The van der Waals surface area contributed by atoms with Crippen LogP contribution < -0.4 is 5.32 Å². The van der Waals surface area contributed by atoms with Crippen LogP contribution in [0.25, 0.3) is 0 Å². The van der Waals surface area contributed by atoms with E-state index in [-0.39, 0.29) is 0 Å². The summed E-state index contributed by atoms with van der Waals surface area (Å²) in [6, 6.07) is 8.21. The summed E-state index contributed by atoms with van der Waals surface area (Å²) in [5.41, 5.74) is 1.78. The van der Waals surface area contributed by atoms with Crippen molar-refractivity contribution in [3.63, 3.8) is 0 Å². The molecule has 0 atom stereocenters. The van der Waals surface area contributed by atoms with Gasteiger partial charge in [0.15, 0.2) is 0 Å². The van der Waals surface area contributed by atoms with Crippen LogP contribution in [-0.4, -0.2) is 31.6 Å². The minimum atomic E-state index is 0.476. The molecule has 112 valence electrons. The first kappa shape index (κ1) is 15.8. The molecule has 1 aromatic rings. The predicted octanol–water partition coefficient (Wildman–Crippen LogP) is 3.94. The van der Waals surface area contributed by atoms with Crippen molar-refractivity contribution in [1.82, 2.24) is 10.2 Å². The lowest BCUT2D eigenvalue weighted by Gasteiger charge is -2.34. The second kappa shape index (κ2) is 7.44. The molecule has 0 heterocycles. The summed E-state index contributed by atoms with van der Waals surface area (Å²) in [4.78, 5) is 2.45. The molecule has 1 saturated carbocycles. The zero-order valence-electron chi connectivity index (χ0n) is 12.8. The summed E-state index contributed by atoms with van der Waals surface area (Å²) in [5, 5.41) is 4.39. The molecule has 1 aliphatic rings. The second-order valence-corrected chi connectivity index (χ2v) is 6.73. The van der Waals surface area contributed by atoms with Gasteiger partial charge in [0.25, 0.3) is 0 Å². The minimum Gasteiger partial charge on any atom is -0.316 e.